The van der Waals surface area contributed by atoms with E-state index in [1.807, 2.05) is 0 Å². The lowest BCUT2D eigenvalue weighted by atomic mass is 9.97. The lowest BCUT2D eigenvalue weighted by Crippen LogP contribution is -2.41. The van der Waals surface area contributed by atoms with Crippen molar-refractivity contribution >= 4 is 35.6 Å². The number of aliphatic hydroxyl groups excluding tert-OH is 1. The van der Waals surface area contributed by atoms with Crippen molar-refractivity contribution in [2.75, 3.05) is 31.1 Å². The van der Waals surface area contributed by atoms with E-state index in [1.165, 1.54) is 11.3 Å². The monoisotopic (exact) mass is 474 g/mol. The Labute approximate surface area is 175 Å². The molecule has 1 aliphatic rings. The van der Waals surface area contributed by atoms with Crippen molar-refractivity contribution in [3.63, 3.8) is 0 Å². The highest BCUT2D eigenvalue weighted by Crippen LogP contribution is 2.23. The number of rotatable bonds is 7. The average Bonchev–Trinajstić information content (AvgIpc) is 2.66. The Morgan fingerprint density at radius 3 is 2.42 bits per heavy atom. The van der Waals surface area contributed by atoms with Gasteiger partial charge in [0, 0.05) is 38.0 Å². The van der Waals surface area contributed by atoms with Gasteiger partial charge >= 0.3 is 0 Å². The van der Waals surface area contributed by atoms with E-state index >= 15 is 0 Å². The van der Waals surface area contributed by atoms with Crippen LogP contribution in [0.5, 0.6) is 0 Å². The molecule has 1 atom stereocenters. The fraction of sp³-hybridized carbons (Fsp3) is 0.650. The summed E-state index contributed by atoms with van der Waals surface area (Å²) < 4.78 is 0. The van der Waals surface area contributed by atoms with Gasteiger partial charge in [0.2, 0.25) is 0 Å². The number of nitrogens with zero attached hydrogens (tertiary/aromatic N) is 2. The summed E-state index contributed by atoms with van der Waals surface area (Å²) in [6.07, 6.45) is 3.23. The van der Waals surface area contributed by atoms with Crippen LogP contribution in [-0.4, -0.2) is 43.3 Å². The molecule has 1 fully saturated rings. The number of nitrogens with one attached hydrogen (secondary N) is 2. The topological polar surface area (TPSA) is 59.9 Å². The second-order valence-electron chi connectivity index (χ2n) is 6.93. The summed E-state index contributed by atoms with van der Waals surface area (Å²) in [6, 6.07) is 9.15. The summed E-state index contributed by atoms with van der Waals surface area (Å²) >= 11 is 0. The fourth-order valence-electron chi connectivity index (χ4n) is 3.01. The standard InChI is InChI=1S/C20H34N4O.HI/c1-4-16(3)23-20(21-5-2)22-14-17-6-8-19(9-7-17)24-12-10-18(15-25)11-13-24;/h6-9,16,18,25H,4-5,10-15H2,1-3H3,(H2,21,22,23);1H. The minimum absolute atomic E-state index is 0. The molecule has 1 unspecified atom stereocenters. The highest BCUT2D eigenvalue weighted by Gasteiger charge is 2.18. The predicted octanol–water partition coefficient (Wildman–Crippen LogP) is 3.37. The van der Waals surface area contributed by atoms with Gasteiger partial charge in [-0.25, -0.2) is 4.99 Å². The molecule has 2 rings (SSSR count). The smallest absolute Gasteiger partial charge is 0.191 e. The summed E-state index contributed by atoms with van der Waals surface area (Å²) in [5.41, 5.74) is 2.49. The van der Waals surface area contributed by atoms with Gasteiger partial charge in [-0.1, -0.05) is 19.1 Å². The van der Waals surface area contributed by atoms with Crippen LogP contribution in [0.3, 0.4) is 0 Å². The van der Waals surface area contributed by atoms with Gasteiger partial charge in [-0.3, -0.25) is 0 Å². The first-order valence-electron chi connectivity index (χ1n) is 9.65. The van der Waals surface area contributed by atoms with Crippen LogP contribution in [0.1, 0.15) is 45.6 Å². The molecule has 1 aromatic carbocycles. The second-order valence-corrected chi connectivity index (χ2v) is 6.93. The van der Waals surface area contributed by atoms with Crippen molar-refractivity contribution in [2.45, 2.75) is 52.6 Å². The predicted molar refractivity (Wildman–Crippen MR) is 122 cm³/mol. The van der Waals surface area contributed by atoms with Crippen LogP contribution in [0.15, 0.2) is 29.3 Å². The van der Waals surface area contributed by atoms with E-state index < -0.39 is 0 Å². The maximum Gasteiger partial charge on any atom is 0.191 e. The molecule has 0 saturated carbocycles. The third-order valence-corrected chi connectivity index (χ3v) is 4.93. The number of anilines is 1. The summed E-state index contributed by atoms with van der Waals surface area (Å²) in [5, 5.41) is 16.0. The van der Waals surface area contributed by atoms with E-state index in [1.54, 1.807) is 0 Å². The molecule has 0 aromatic heterocycles. The first kappa shape index (κ1) is 23.0. The molecule has 1 aromatic rings. The van der Waals surface area contributed by atoms with E-state index in [9.17, 15) is 5.11 Å². The van der Waals surface area contributed by atoms with Crippen LogP contribution in [0, 0.1) is 5.92 Å². The van der Waals surface area contributed by atoms with E-state index in [0.29, 0.717) is 25.1 Å². The molecule has 26 heavy (non-hydrogen) atoms. The van der Waals surface area contributed by atoms with Crippen molar-refractivity contribution in [2.24, 2.45) is 10.9 Å². The minimum atomic E-state index is 0. The molecule has 0 bridgehead atoms. The van der Waals surface area contributed by atoms with Crippen LogP contribution >= 0.6 is 24.0 Å². The molecule has 1 aliphatic heterocycles. The molecule has 1 heterocycles. The number of aliphatic imine (C=N–C) groups is 1. The maximum absolute atomic E-state index is 9.26. The van der Waals surface area contributed by atoms with Gasteiger partial charge in [-0.05, 0) is 56.7 Å². The molecule has 148 valence electrons. The second kappa shape index (κ2) is 12.4. The summed E-state index contributed by atoms with van der Waals surface area (Å²) in [4.78, 5) is 7.10. The van der Waals surface area contributed by atoms with Gasteiger partial charge < -0.3 is 20.6 Å². The van der Waals surface area contributed by atoms with Crippen molar-refractivity contribution in [3.05, 3.63) is 29.8 Å². The Morgan fingerprint density at radius 2 is 1.88 bits per heavy atom. The van der Waals surface area contributed by atoms with Gasteiger partial charge in [-0.15, -0.1) is 24.0 Å². The number of hydrogen-bond acceptors (Lipinski definition) is 3. The normalized spacial score (nSPS) is 16.8. The maximum atomic E-state index is 9.26. The zero-order chi connectivity index (χ0) is 18.1. The van der Waals surface area contributed by atoms with Gasteiger partial charge in [0.25, 0.3) is 0 Å². The third-order valence-electron chi connectivity index (χ3n) is 4.93. The number of piperidine rings is 1. The van der Waals surface area contributed by atoms with E-state index in [2.05, 4.69) is 65.6 Å². The quantitative estimate of drug-likeness (QED) is 0.322. The lowest BCUT2D eigenvalue weighted by Gasteiger charge is -2.32. The van der Waals surface area contributed by atoms with Gasteiger partial charge in [0.05, 0.1) is 6.54 Å². The van der Waals surface area contributed by atoms with Crippen molar-refractivity contribution in [1.82, 2.24) is 10.6 Å². The highest BCUT2D eigenvalue weighted by molar-refractivity contribution is 14.0. The molecule has 0 amide bonds. The van der Waals surface area contributed by atoms with Gasteiger partial charge in [0.15, 0.2) is 5.96 Å². The van der Waals surface area contributed by atoms with E-state index in [0.717, 1.165) is 44.9 Å². The van der Waals surface area contributed by atoms with Crippen LogP contribution in [0.2, 0.25) is 0 Å². The van der Waals surface area contributed by atoms with Gasteiger partial charge in [0.1, 0.15) is 0 Å². The number of hydrogen-bond donors (Lipinski definition) is 3. The zero-order valence-electron chi connectivity index (χ0n) is 16.4. The minimum Gasteiger partial charge on any atom is -0.396 e. The van der Waals surface area contributed by atoms with Crippen molar-refractivity contribution in [1.29, 1.82) is 0 Å². The SMILES string of the molecule is CCNC(=NCc1ccc(N2CCC(CO)CC2)cc1)NC(C)CC.I. The molecule has 0 spiro atoms. The molecular weight excluding hydrogens is 439 g/mol. The van der Waals surface area contributed by atoms with Crippen LogP contribution in [0.4, 0.5) is 5.69 Å². The van der Waals surface area contributed by atoms with Crippen molar-refractivity contribution < 1.29 is 5.11 Å². The molecule has 1 saturated heterocycles. The number of benzene rings is 1. The Balaban J connectivity index is 0.00000338. The van der Waals surface area contributed by atoms with E-state index in [-0.39, 0.29) is 24.0 Å². The van der Waals surface area contributed by atoms with E-state index in [4.69, 9.17) is 0 Å². The van der Waals surface area contributed by atoms with Crippen LogP contribution in [-0.2, 0) is 6.54 Å². The number of guanidine groups is 1. The number of aliphatic hydroxyl groups is 1. The largest absolute Gasteiger partial charge is 0.396 e. The summed E-state index contributed by atoms with van der Waals surface area (Å²) in [5.74, 6) is 1.36. The van der Waals surface area contributed by atoms with Gasteiger partial charge in [-0.2, -0.15) is 0 Å². The molecular formula is C20H35IN4O. The fourth-order valence-corrected chi connectivity index (χ4v) is 3.01. The van der Waals surface area contributed by atoms with Crippen LogP contribution in [0.25, 0.3) is 0 Å². The first-order valence-corrected chi connectivity index (χ1v) is 9.65. The Bertz CT molecular complexity index is 527. The highest BCUT2D eigenvalue weighted by atomic mass is 127. The molecule has 6 heteroatoms. The Hall–Kier alpha value is -1.02. The first-order chi connectivity index (χ1) is 12.2. The average molecular weight is 474 g/mol. The summed E-state index contributed by atoms with van der Waals surface area (Å²) in [7, 11) is 0. The lowest BCUT2D eigenvalue weighted by molar-refractivity contribution is 0.203. The van der Waals surface area contributed by atoms with Crippen molar-refractivity contribution in [3.8, 4) is 0 Å². The molecule has 0 aliphatic carbocycles. The third kappa shape index (κ3) is 7.31. The zero-order valence-corrected chi connectivity index (χ0v) is 18.7. The summed E-state index contributed by atoms with van der Waals surface area (Å²) in [6.45, 7) is 10.4. The number of halogens is 1. The van der Waals surface area contributed by atoms with Crippen LogP contribution < -0.4 is 15.5 Å². The molecule has 5 nitrogen and oxygen atoms in total. The Kier molecular flexibility index (Phi) is 11.0. The molecule has 0 radical (unpaired) electrons. The molecule has 3 N–H and O–H groups in total. The Morgan fingerprint density at radius 1 is 1.23 bits per heavy atom.